The van der Waals surface area contributed by atoms with Gasteiger partial charge in [-0.05, 0) is 31.2 Å². The number of aryl methyl sites for hydroxylation is 1. The lowest BCUT2D eigenvalue weighted by Gasteiger charge is -2.35. The van der Waals surface area contributed by atoms with E-state index in [1.54, 1.807) is 4.90 Å². The second kappa shape index (κ2) is 7.49. The van der Waals surface area contributed by atoms with Crippen molar-refractivity contribution in [1.82, 2.24) is 10.2 Å². The number of hydrogen-bond donors (Lipinski definition) is 2. The van der Waals surface area contributed by atoms with Crippen LogP contribution in [0, 0.1) is 18.8 Å². The van der Waals surface area contributed by atoms with Crippen LogP contribution >= 0.6 is 0 Å². The number of hydrogen-bond acceptors (Lipinski definition) is 2. The van der Waals surface area contributed by atoms with Crippen LogP contribution in [0.25, 0.3) is 0 Å². The van der Waals surface area contributed by atoms with Gasteiger partial charge in [0.15, 0.2) is 0 Å². The quantitative estimate of drug-likeness (QED) is 0.895. The first-order valence-electron chi connectivity index (χ1n) is 8.25. The highest BCUT2D eigenvalue weighted by molar-refractivity contribution is 5.77. The number of likely N-dealkylation sites (tertiary alicyclic amines) is 1. The molecule has 0 radical (unpaired) electrons. The molecule has 5 nitrogen and oxygen atoms in total. The number of carbonyl (C=O) groups excluding carboxylic acids is 1. The molecule has 1 aromatic rings. The van der Waals surface area contributed by atoms with Crippen molar-refractivity contribution in [3.8, 4) is 0 Å². The van der Waals surface area contributed by atoms with Gasteiger partial charge in [-0.15, -0.1) is 0 Å². The van der Waals surface area contributed by atoms with Gasteiger partial charge in [0.2, 0.25) is 0 Å². The number of amides is 2. The number of nitrogens with zero attached hydrogens (tertiary/aromatic N) is 1. The summed E-state index contributed by atoms with van der Waals surface area (Å²) in [5, 5.41) is 12.3. The van der Waals surface area contributed by atoms with Crippen molar-refractivity contribution < 1.29 is 14.7 Å². The molecular formula is C18H26N2O3. The van der Waals surface area contributed by atoms with Crippen LogP contribution in [0.1, 0.15) is 43.9 Å². The van der Waals surface area contributed by atoms with E-state index in [1.165, 1.54) is 5.56 Å². The zero-order chi connectivity index (χ0) is 17.0. The Morgan fingerprint density at radius 3 is 2.52 bits per heavy atom. The molecule has 3 atom stereocenters. The monoisotopic (exact) mass is 318 g/mol. The Labute approximate surface area is 137 Å². The lowest BCUT2D eigenvalue weighted by Crippen LogP contribution is -2.50. The lowest BCUT2D eigenvalue weighted by molar-refractivity contribution is -0.143. The SMILES string of the molecule is CCC(NC(=O)N1CC(C)CC(C(=O)O)C1)c1ccc(C)cc1. The molecule has 1 aliphatic heterocycles. The fourth-order valence-corrected chi connectivity index (χ4v) is 3.16. The molecule has 2 N–H and O–H groups in total. The highest BCUT2D eigenvalue weighted by Crippen LogP contribution is 2.23. The topological polar surface area (TPSA) is 69.6 Å². The molecule has 126 valence electrons. The molecule has 1 heterocycles. The molecule has 0 aliphatic carbocycles. The molecule has 23 heavy (non-hydrogen) atoms. The van der Waals surface area contributed by atoms with Crippen molar-refractivity contribution in [2.75, 3.05) is 13.1 Å². The Bertz CT molecular complexity index is 556. The van der Waals surface area contributed by atoms with Gasteiger partial charge in [-0.3, -0.25) is 4.79 Å². The second-order valence-corrected chi connectivity index (χ2v) is 6.60. The molecule has 1 aromatic carbocycles. The number of benzene rings is 1. The van der Waals surface area contributed by atoms with Crippen LogP contribution in [0.2, 0.25) is 0 Å². The maximum atomic E-state index is 12.5. The van der Waals surface area contributed by atoms with Gasteiger partial charge in [0.05, 0.1) is 12.0 Å². The molecule has 1 saturated heterocycles. The normalized spacial score (nSPS) is 22.5. The summed E-state index contributed by atoms with van der Waals surface area (Å²) in [6.45, 7) is 6.95. The molecule has 0 bridgehead atoms. The summed E-state index contributed by atoms with van der Waals surface area (Å²) < 4.78 is 0. The minimum atomic E-state index is -0.820. The zero-order valence-electron chi connectivity index (χ0n) is 14.1. The molecule has 2 amide bonds. The highest BCUT2D eigenvalue weighted by atomic mass is 16.4. The number of rotatable bonds is 4. The second-order valence-electron chi connectivity index (χ2n) is 6.60. The third kappa shape index (κ3) is 4.47. The third-order valence-corrected chi connectivity index (χ3v) is 4.48. The lowest BCUT2D eigenvalue weighted by atomic mass is 9.91. The fourth-order valence-electron chi connectivity index (χ4n) is 3.16. The van der Waals surface area contributed by atoms with Crippen LogP contribution in [0.5, 0.6) is 0 Å². The predicted molar refractivity (Wildman–Crippen MR) is 89.2 cm³/mol. The van der Waals surface area contributed by atoms with Crippen molar-refractivity contribution in [1.29, 1.82) is 0 Å². The number of carboxylic acid groups (broad SMARTS) is 1. The summed E-state index contributed by atoms with van der Waals surface area (Å²) in [4.78, 5) is 25.4. The van der Waals surface area contributed by atoms with Crippen molar-refractivity contribution in [2.24, 2.45) is 11.8 Å². The molecule has 0 spiro atoms. The van der Waals surface area contributed by atoms with Gasteiger partial charge in [0, 0.05) is 13.1 Å². The molecule has 0 saturated carbocycles. The van der Waals surface area contributed by atoms with Crippen LogP contribution < -0.4 is 5.32 Å². The number of nitrogens with one attached hydrogen (secondary N) is 1. The number of aliphatic carboxylic acids is 1. The maximum Gasteiger partial charge on any atom is 0.317 e. The predicted octanol–water partition coefficient (Wildman–Crippen LogP) is 3.20. The van der Waals surface area contributed by atoms with E-state index >= 15 is 0 Å². The van der Waals surface area contributed by atoms with E-state index in [2.05, 4.69) is 5.32 Å². The molecular weight excluding hydrogens is 292 g/mol. The fraction of sp³-hybridized carbons (Fsp3) is 0.556. The molecule has 5 heteroatoms. The van der Waals surface area contributed by atoms with E-state index in [0.29, 0.717) is 13.0 Å². The molecule has 0 aromatic heterocycles. The van der Waals surface area contributed by atoms with Crippen molar-refractivity contribution in [3.63, 3.8) is 0 Å². The van der Waals surface area contributed by atoms with Gasteiger partial charge in [-0.1, -0.05) is 43.7 Å². The summed E-state index contributed by atoms with van der Waals surface area (Å²) in [5.41, 5.74) is 2.26. The van der Waals surface area contributed by atoms with Crippen molar-refractivity contribution in [2.45, 2.75) is 39.7 Å². The van der Waals surface area contributed by atoms with Crippen LogP contribution in [-0.4, -0.2) is 35.1 Å². The number of carbonyl (C=O) groups is 2. The van der Waals surface area contributed by atoms with E-state index in [4.69, 9.17) is 0 Å². The number of urea groups is 1. The molecule has 2 rings (SSSR count). The van der Waals surface area contributed by atoms with Crippen molar-refractivity contribution in [3.05, 3.63) is 35.4 Å². The first-order chi connectivity index (χ1) is 10.9. The maximum absolute atomic E-state index is 12.5. The van der Waals surface area contributed by atoms with Crippen LogP contribution in [0.3, 0.4) is 0 Å². The molecule has 3 unspecified atom stereocenters. The Hall–Kier alpha value is -2.04. The summed E-state index contributed by atoms with van der Waals surface area (Å²) in [7, 11) is 0. The van der Waals surface area contributed by atoms with Gasteiger partial charge < -0.3 is 15.3 Å². The number of piperidine rings is 1. The zero-order valence-corrected chi connectivity index (χ0v) is 14.1. The highest BCUT2D eigenvalue weighted by Gasteiger charge is 2.32. The number of carboxylic acids is 1. The van der Waals surface area contributed by atoms with Gasteiger partial charge in [0.25, 0.3) is 0 Å². The summed E-state index contributed by atoms with van der Waals surface area (Å²) in [6.07, 6.45) is 1.43. The summed E-state index contributed by atoms with van der Waals surface area (Å²) >= 11 is 0. The Morgan fingerprint density at radius 2 is 1.96 bits per heavy atom. The van der Waals surface area contributed by atoms with E-state index in [9.17, 15) is 14.7 Å². The van der Waals surface area contributed by atoms with Crippen molar-refractivity contribution >= 4 is 12.0 Å². The summed E-state index contributed by atoms with van der Waals surface area (Å²) in [5.74, 6) is -1.08. The van der Waals surface area contributed by atoms with Gasteiger partial charge in [-0.25, -0.2) is 4.79 Å². The minimum Gasteiger partial charge on any atom is -0.481 e. The van der Waals surface area contributed by atoms with Crippen LogP contribution in [-0.2, 0) is 4.79 Å². The van der Waals surface area contributed by atoms with E-state index in [-0.39, 0.29) is 24.5 Å². The van der Waals surface area contributed by atoms with E-state index < -0.39 is 11.9 Å². The van der Waals surface area contributed by atoms with Crippen LogP contribution in [0.15, 0.2) is 24.3 Å². The first kappa shape index (κ1) is 17.3. The van der Waals surface area contributed by atoms with E-state index in [0.717, 1.165) is 12.0 Å². The minimum absolute atomic E-state index is 0.0522. The van der Waals surface area contributed by atoms with Gasteiger partial charge in [-0.2, -0.15) is 0 Å². The largest absolute Gasteiger partial charge is 0.481 e. The average Bonchev–Trinajstić information content (AvgIpc) is 2.52. The van der Waals surface area contributed by atoms with Gasteiger partial charge in [0.1, 0.15) is 0 Å². The Balaban J connectivity index is 2.04. The third-order valence-electron chi connectivity index (χ3n) is 4.48. The summed E-state index contributed by atoms with van der Waals surface area (Å²) in [6, 6.07) is 7.91. The molecule has 1 fully saturated rings. The van der Waals surface area contributed by atoms with Crippen LogP contribution in [0.4, 0.5) is 4.79 Å². The van der Waals surface area contributed by atoms with Gasteiger partial charge >= 0.3 is 12.0 Å². The standard InChI is InChI=1S/C18H26N2O3/c1-4-16(14-7-5-12(2)6-8-14)19-18(23)20-10-13(3)9-15(11-20)17(21)22/h5-8,13,15-16H,4,9-11H2,1-3H3,(H,19,23)(H,21,22). The Morgan fingerprint density at radius 1 is 1.30 bits per heavy atom. The molecule has 1 aliphatic rings. The Kier molecular flexibility index (Phi) is 5.64. The average molecular weight is 318 g/mol. The first-order valence-corrected chi connectivity index (χ1v) is 8.25. The van der Waals surface area contributed by atoms with E-state index in [1.807, 2.05) is 45.0 Å². The smallest absolute Gasteiger partial charge is 0.317 e.